The smallest absolute Gasteiger partial charge is 0.434 e. The van der Waals surface area contributed by atoms with E-state index >= 15 is 0 Å². The zero-order chi connectivity index (χ0) is 10.6. The molecule has 0 fully saturated rings. The van der Waals surface area contributed by atoms with Gasteiger partial charge in [-0.3, -0.25) is 0 Å². The Kier molecular flexibility index (Phi) is 9.68. The highest BCUT2D eigenvalue weighted by molar-refractivity contribution is 5.59. The lowest BCUT2D eigenvalue weighted by Gasteiger charge is -2.05. The fourth-order valence-corrected chi connectivity index (χ4v) is 0.759. The van der Waals surface area contributed by atoms with Crippen LogP contribution in [0.15, 0.2) is 0 Å². The molecule has 84 valence electrons. The van der Waals surface area contributed by atoms with Crippen molar-refractivity contribution in [2.24, 2.45) is 0 Å². The quantitative estimate of drug-likeness (QED) is 0.441. The van der Waals surface area contributed by atoms with E-state index in [1.54, 1.807) is 14.2 Å². The second-order valence-corrected chi connectivity index (χ2v) is 2.64. The Morgan fingerprint density at radius 1 is 0.857 bits per heavy atom. The van der Waals surface area contributed by atoms with Crippen LogP contribution in [0.25, 0.3) is 0 Å². The average Bonchev–Trinajstić information content (AvgIpc) is 2.19. The molecule has 0 aliphatic rings. The molecule has 0 saturated carbocycles. The summed E-state index contributed by atoms with van der Waals surface area (Å²) >= 11 is 0. The number of methoxy groups -OCH3 is 2. The van der Waals surface area contributed by atoms with Crippen molar-refractivity contribution < 1.29 is 23.7 Å². The van der Waals surface area contributed by atoms with E-state index in [0.29, 0.717) is 39.3 Å². The molecular formula is C9H18O5. The van der Waals surface area contributed by atoms with Gasteiger partial charge in [0.25, 0.3) is 0 Å². The second kappa shape index (κ2) is 10.3. The number of rotatable bonds is 8. The minimum atomic E-state index is -0.628. The van der Waals surface area contributed by atoms with Crippen LogP contribution in [0, 0.1) is 0 Å². The molecule has 0 amide bonds. The van der Waals surface area contributed by atoms with Crippen LogP contribution in [0.1, 0.15) is 12.8 Å². The molecule has 0 heterocycles. The van der Waals surface area contributed by atoms with Gasteiger partial charge < -0.3 is 18.9 Å². The normalized spacial score (nSPS) is 9.86. The maximum absolute atomic E-state index is 10.8. The Bertz CT molecular complexity index is 123. The third-order valence-electron chi connectivity index (χ3n) is 1.43. The van der Waals surface area contributed by atoms with Crippen LogP contribution >= 0.6 is 0 Å². The monoisotopic (exact) mass is 206 g/mol. The van der Waals surface area contributed by atoms with Gasteiger partial charge in [0, 0.05) is 40.3 Å². The van der Waals surface area contributed by atoms with Gasteiger partial charge in [0.1, 0.15) is 0 Å². The van der Waals surface area contributed by atoms with Crippen LogP contribution in [0.3, 0.4) is 0 Å². The molecule has 0 radical (unpaired) electrons. The van der Waals surface area contributed by atoms with Crippen LogP contribution in [0.4, 0.5) is 4.79 Å². The lowest BCUT2D eigenvalue weighted by molar-refractivity contribution is 0.0435. The molecule has 0 aromatic rings. The van der Waals surface area contributed by atoms with Crippen LogP contribution in [0.2, 0.25) is 0 Å². The van der Waals surface area contributed by atoms with E-state index in [1.807, 2.05) is 0 Å². The topological polar surface area (TPSA) is 54.0 Å². The Morgan fingerprint density at radius 2 is 1.29 bits per heavy atom. The van der Waals surface area contributed by atoms with Crippen LogP contribution < -0.4 is 0 Å². The minimum Gasteiger partial charge on any atom is -0.434 e. The molecule has 0 saturated heterocycles. The predicted molar refractivity (Wildman–Crippen MR) is 50.3 cm³/mol. The Morgan fingerprint density at radius 3 is 1.64 bits per heavy atom. The molecule has 14 heavy (non-hydrogen) atoms. The largest absolute Gasteiger partial charge is 0.508 e. The first kappa shape index (κ1) is 13.2. The SMILES string of the molecule is COCCCOC(=O)OCCCOC. The maximum atomic E-state index is 10.8. The fourth-order valence-electron chi connectivity index (χ4n) is 0.759. The van der Waals surface area contributed by atoms with Crippen molar-refractivity contribution in [3.05, 3.63) is 0 Å². The van der Waals surface area contributed by atoms with Gasteiger partial charge in [-0.2, -0.15) is 0 Å². The van der Waals surface area contributed by atoms with Gasteiger partial charge in [0.15, 0.2) is 0 Å². The summed E-state index contributed by atoms with van der Waals surface area (Å²) in [6.45, 7) is 1.82. The number of carbonyl (C=O) groups is 1. The number of hydrogen-bond acceptors (Lipinski definition) is 5. The van der Waals surface area contributed by atoms with Gasteiger partial charge in [0.05, 0.1) is 13.2 Å². The molecule has 0 aromatic carbocycles. The Balaban J connectivity index is 3.11. The molecule has 0 spiro atoms. The van der Waals surface area contributed by atoms with E-state index in [0.717, 1.165) is 0 Å². The van der Waals surface area contributed by atoms with Crippen LogP contribution in [-0.4, -0.2) is 46.8 Å². The molecule has 0 aromatic heterocycles. The predicted octanol–water partition coefficient (Wildman–Crippen LogP) is 1.21. The van der Waals surface area contributed by atoms with Gasteiger partial charge >= 0.3 is 6.16 Å². The molecule has 0 N–H and O–H groups in total. The van der Waals surface area contributed by atoms with Crippen LogP contribution in [-0.2, 0) is 18.9 Å². The molecule has 0 unspecified atom stereocenters. The van der Waals surface area contributed by atoms with E-state index in [-0.39, 0.29) is 0 Å². The molecule has 0 aliphatic heterocycles. The van der Waals surface area contributed by atoms with Crippen molar-refractivity contribution in [2.45, 2.75) is 12.8 Å². The van der Waals surface area contributed by atoms with Gasteiger partial charge in [-0.05, 0) is 0 Å². The van der Waals surface area contributed by atoms with Gasteiger partial charge in [-0.25, -0.2) is 4.79 Å². The maximum Gasteiger partial charge on any atom is 0.508 e. The third-order valence-corrected chi connectivity index (χ3v) is 1.43. The number of carbonyl (C=O) groups excluding carboxylic acids is 1. The van der Waals surface area contributed by atoms with Crippen molar-refractivity contribution in [1.82, 2.24) is 0 Å². The molecule has 5 heteroatoms. The number of hydrogen-bond donors (Lipinski definition) is 0. The average molecular weight is 206 g/mol. The lowest BCUT2D eigenvalue weighted by Crippen LogP contribution is -2.11. The first-order valence-corrected chi connectivity index (χ1v) is 4.58. The summed E-state index contributed by atoms with van der Waals surface area (Å²) in [6.07, 6.45) is 0.741. The van der Waals surface area contributed by atoms with Crippen molar-refractivity contribution in [3.63, 3.8) is 0 Å². The molecule has 0 rings (SSSR count). The third kappa shape index (κ3) is 9.28. The zero-order valence-electron chi connectivity index (χ0n) is 8.78. The van der Waals surface area contributed by atoms with E-state index in [9.17, 15) is 4.79 Å². The first-order chi connectivity index (χ1) is 6.81. The molecule has 0 bridgehead atoms. The van der Waals surface area contributed by atoms with E-state index < -0.39 is 6.16 Å². The summed E-state index contributed by atoms with van der Waals surface area (Å²) in [4.78, 5) is 10.8. The van der Waals surface area contributed by atoms with E-state index in [1.165, 1.54) is 0 Å². The zero-order valence-corrected chi connectivity index (χ0v) is 8.78. The van der Waals surface area contributed by atoms with Crippen LogP contribution in [0.5, 0.6) is 0 Å². The standard InChI is InChI=1S/C9H18O5/c1-11-5-3-7-13-9(10)14-8-4-6-12-2/h3-8H2,1-2H3. The van der Waals surface area contributed by atoms with E-state index in [4.69, 9.17) is 18.9 Å². The van der Waals surface area contributed by atoms with Crippen molar-refractivity contribution in [3.8, 4) is 0 Å². The van der Waals surface area contributed by atoms with Crippen molar-refractivity contribution >= 4 is 6.16 Å². The van der Waals surface area contributed by atoms with Crippen molar-refractivity contribution in [1.29, 1.82) is 0 Å². The lowest BCUT2D eigenvalue weighted by atomic mass is 10.5. The summed E-state index contributed by atoms with van der Waals surface area (Å²) in [6, 6.07) is 0. The summed E-state index contributed by atoms with van der Waals surface area (Å²) < 4.78 is 19.1. The Labute approximate surface area is 84.3 Å². The first-order valence-electron chi connectivity index (χ1n) is 4.58. The second-order valence-electron chi connectivity index (χ2n) is 2.64. The summed E-state index contributed by atoms with van der Waals surface area (Å²) in [5, 5.41) is 0. The molecule has 5 nitrogen and oxygen atoms in total. The molecule has 0 aliphatic carbocycles. The summed E-state index contributed by atoms with van der Waals surface area (Å²) in [5.41, 5.74) is 0. The highest BCUT2D eigenvalue weighted by atomic mass is 16.7. The fraction of sp³-hybridized carbons (Fsp3) is 0.889. The number of ether oxygens (including phenoxy) is 4. The summed E-state index contributed by atoms with van der Waals surface area (Å²) in [7, 11) is 3.20. The van der Waals surface area contributed by atoms with Gasteiger partial charge in [-0.1, -0.05) is 0 Å². The minimum absolute atomic E-state index is 0.330. The summed E-state index contributed by atoms with van der Waals surface area (Å²) in [5.74, 6) is 0. The molecule has 0 atom stereocenters. The highest BCUT2D eigenvalue weighted by Crippen LogP contribution is 1.91. The highest BCUT2D eigenvalue weighted by Gasteiger charge is 2.02. The van der Waals surface area contributed by atoms with E-state index in [2.05, 4.69) is 0 Å². The Hall–Kier alpha value is -0.810. The molecular weight excluding hydrogens is 188 g/mol. The van der Waals surface area contributed by atoms with Gasteiger partial charge in [-0.15, -0.1) is 0 Å². The van der Waals surface area contributed by atoms with Gasteiger partial charge in [0.2, 0.25) is 0 Å². The van der Waals surface area contributed by atoms with Crippen molar-refractivity contribution in [2.75, 3.05) is 40.6 Å².